The van der Waals surface area contributed by atoms with Crippen molar-refractivity contribution in [2.24, 2.45) is 5.14 Å². The van der Waals surface area contributed by atoms with Gasteiger partial charge in [0.05, 0.1) is 17.5 Å². The highest BCUT2D eigenvalue weighted by molar-refractivity contribution is 7.89. The Morgan fingerprint density at radius 3 is 2.14 bits per heavy atom. The molecule has 5 N–H and O–H groups in total. The molecule has 0 unspecified atom stereocenters. The Morgan fingerprint density at radius 1 is 1.05 bits per heavy atom. The average molecular weight is 322 g/mol. The topological polar surface area (TPSA) is 113 Å². The first-order valence-electron chi connectivity index (χ1n) is 6.65. The summed E-state index contributed by atoms with van der Waals surface area (Å²) in [5.41, 5.74) is 1.41. The molecule has 0 fully saturated rings. The molecule has 7 heteroatoms. The number of hydrogen-bond acceptors (Lipinski definition) is 5. The molecule has 0 spiro atoms. The van der Waals surface area contributed by atoms with Gasteiger partial charge in [-0.3, -0.25) is 0 Å². The van der Waals surface area contributed by atoms with Crippen LogP contribution in [0.1, 0.15) is 11.6 Å². The molecule has 2 atom stereocenters. The predicted octanol–water partition coefficient (Wildman–Crippen LogP) is 0.840. The lowest BCUT2D eigenvalue weighted by Gasteiger charge is -2.24. The Morgan fingerprint density at radius 2 is 1.64 bits per heavy atom. The third-order valence-corrected chi connectivity index (χ3v) is 4.16. The number of nitrogens with two attached hydrogens (primary N) is 1. The molecule has 0 saturated heterocycles. The first kappa shape index (κ1) is 16.4. The maximum absolute atomic E-state index is 11.2. The summed E-state index contributed by atoms with van der Waals surface area (Å²) in [6.07, 6.45) is -1.000. The molecular weight excluding hydrogens is 304 g/mol. The fraction of sp³-hybridized carbons (Fsp3) is 0.200. The van der Waals surface area contributed by atoms with Crippen LogP contribution in [0.15, 0.2) is 59.5 Å². The molecule has 0 heterocycles. The molecule has 0 aliphatic heterocycles. The Kier molecular flexibility index (Phi) is 5.15. The second kappa shape index (κ2) is 6.89. The molecule has 0 saturated carbocycles. The Balaban J connectivity index is 2.24. The quantitative estimate of drug-likeness (QED) is 0.629. The van der Waals surface area contributed by atoms with E-state index < -0.39 is 28.8 Å². The minimum Gasteiger partial charge on any atom is -0.394 e. The van der Waals surface area contributed by atoms with Crippen LogP contribution in [0.2, 0.25) is 0 Å². The van der Waals surface area contributed by atoms with E-state index in [1.807, 2.05) is 30.3 Å². The zero-order valence-corrected chi connectivity index (χ0v) is 12.6. The lowest BCUT2D eigenvalue weighted by atomic mass is 10.0. The number of anilines is 1. The van der Waals surface area contributed by atoms with Gasteiger partial charge in [0.1, 0.15) is 6.10 Å². The lowest BCUT2D eigenvalue weighted by molar-refractivity contribution is 0.0795. The van der Waals surface area contributed by atoms with Crippen molar-refractivity contribution in [3.05, 3.63) is 60.2 Å². The first-order valence-corrected chi connectivity index (χ1v) is 8.19. The molecule has 0 amide bonds. The monoisotopic (exact) mass is 322 g/mol. The summed E-state index contributed by atoms with van der Waals surface area (Å²) in [6.45, 7) is -0.401. The number of primary sulfonamides is 1. The fourth-order valence-electron chi connectivity index (χ4n) is 2.09. The van der Waals surface area contributed by atoms with E-state index in [2.05, 4.69) is 5.32 Å². The molecule has 0 aliphatic carbocycles. The van der Waals surface area contributed by atoms with Crippen LogP contribution < -0.4 is 10.5 Å². The van der Waals surface area contributed by atoms with E-state index in [4.69, 9.17) is 5.14 Å². The van der Waals surface area contributed by atoms with E-state index in [0.29, 0.717) is 5.69 Å². The van der Waals surface area contributed by atoms with Crippen molar-refractivity contribution in [1.29, 1.82) is 0 Å². The van der Waals surface area contributed by atoms with Crippen molar-refractivity contribution in [2.45, 2.75) is 17.0 Å². The summed E-state index contributed by atoms with van der Waals surface area (Å²) in [7, 11) is -3.74. The highest BCUT2D eigenvalue weighted by Crippen LogP contribution is 2.23. The van der Waals surface area contributed by atoms with Gasteiger partial charge in [0.2, 0.25) is 10.0 Å². The van der Waals surface area contributed by atoms with Gasteiger partial charge in [-0.1, -0.05) is 30.3 Å². The number of nitrogens with one attached hydrogen (secondary N) is 1. The zero-order valence-electron chi connectivity index (χ0n) is 11.8. The highest BCUT2D eigenvalue weighted by atomic mass is 32.2. The largest absolute Gasteiger partial charge is 0.394 e. The minimum atomic E-state index is -3.74. The number of sulfonamides is 1. The molecule has 6 nitrogen and oxygen atoms in total. The molecule has 2 aromatic carbocycles. The highest BCUT2D eigenvalue weighted by Gasteiger charge is 2.20. The summed E-state index contributed by atoms with van der Waals surface area (Å²) in [5, 5.41) is 27.3. The van der Waals surface area contributed by atoms with Crippen LogP contribution in [0.4, 0.5) is 5.69 Å². The van der Waals surface area contributed by atoms with Crippen LogP contribution in [0, 0.1) is 0 Å². The molecule has 2 rings (SSSR count). The SMILES string of the molecule is NS(=O)(=O)c1ccc(N[C@H](c2ccccc2)[C@@H](O)CO)cc1. The number of aliphatic hydroxyl groups excluding tert-OH is 2. The molecule has 0 aromatic heterocycles. The summed E-state index contributed by atoms with van der Waals surface area (Å²) in [5.74, 6) is 0. The van der Waals surface area contributed by atoms with Crippen LogP contribution in [0.5, 0.6) is 0 Å². The number of aliphatic hydroxyl groups is 2. The molecule has 118 valence electrons. The van der Waals surface area contributed by atoms with E-state index in [-0.39, 0.29) is 4.90 Å². The van der Waals surface area contributed by atoms with Gasteiger partial charge >= 0.3 is 0 Å². The zero-order chi connectivity index (χ0) is 16.2. The molecular formula is C15H18N2O4S. The van der Waals surface area contributed by atoms with Crippen molar-refractivity contribution >= 4 is 15.7 Å². The lowest BCUT2D eigenvalue weighted by Crippen LogP contribution is -2.28. The van der Waals surface area contributed by atoms with E-state index in [9.17, 15) is 18.6 Å². The summed E-state index contributed by atoms with van der Waals surface area (Å²) in [6, 6.07) is 14.5. The van der Waals surface area contributed by atoms with Crippen molar-refractivity contribution < 1.29 is 18.6 Å². The second-order valence-electron chi connectivity index (χ2n) is 4.85. The van der Waals surface area contributed by atoms with Gasteiger partial charge in [0.15, 0.2) is 0 Å². The minimum absolute atomic E-state index is 0.0111. The van der Waals surface area contributed by atoms with E-state index >= 15 is 0 Å². The normalized spacial score (nSPS) is 14.3. The molecule has 0 radical (unpaired) electrons. The molecule has 22 heavy (non-hydrogen) atoms. The van der Waals surface area contributed by atoms with E-state index in [1.54, 1.807) is 12.1 Å². The Labute approximate surface area is 129 Å². The van der Waals surface area contributed by atoms with Gasteiger partial charge in [-0.25, -0.2) is 13.6 Å². The molecule has 2 aromatic rings. The van der Waals surface area contributed by atoms with Crippen LogP contribution in [0.3, 0.4) is 0 Å². The number of hydrogen-bond donors (Lipinski definition) is 4. The van der Waals surface area contributed by atoms with Crippen molar-refractivity contribution in [1.82, 2.24) is 0 Å². The fourth-order valence-corrected chi connectivity index (χ4v) is 2.60. The van der Waals surface area contributed by atoms with Crippen molar-refractivity contribution in [3.63, 3.8) is 0 Å². The molecule has 0 aliphatic rings. The van der Waals surface area contributed by atoms with E-state index in [0.717, 1.165) is 5.56 Å². The van der Waals surface area contributed by atoms with Crippen LogP contribution >= 0.6 is 0 Å². The summed E-state index contributed by atoms with van der Waals surface area (Å²) >= 11 is 0. The Bertz CT molecular complexity index is 702. The number of benzene rings is 2. The third-order valence-electron chi connectivity index (χ3n) is 3.24. The average Bonchev–Trinajstić information content (AvgIpc) is 2.52. The van der Waals surface area contributed by atoms with Gasteiger partial charge in [-0.05, 0) is 29.8 Å². The standard InChI is InChI=1S/C15H18N2O4S/c16-22(20,21)13-8-6-12(7-9-13)17-15(14(19)10-18)11-4-2-1-3-5-11/h1-9,14-15,17-19H,10H2,(H2,16,20,21)/t14-,15+/m0/s1. The Hall–Kier alpha value is -1.93. The van der Waals surface area contributed by atoms with Gasteiger partial charge < -0.3 is 15.5 Å². The maximum atomic E-state index is 11.2. The van der Waals surface area contributed by atoms with Gasteiger partial charge in [-0.15, -0.1) is 0 Å². The third kappa shape index (κ3) is 4.05. The smallest absolute Gasteiger partial charge is 0.238 e. The number of rotatable bonds is 6. The van der Waals surface area contributed by atoms with Gasteiger partial charge in [0.25, 0.3) is 0 Å². The molecule has 0 bridgehead atoms. The van der Waals surface area contributed by atoms with Crippen LogP contribution in [-0.4, -0.2) is 31.3 Å². The van der Waals surface area contributed by atoms with Crippen LogP contribution in [-0.2, 0) is 10.0 Å². The summed E-state index contributed by atoms with van der Waals surface area (Å²) in [4.78, 5) is 0.0111. The van der Waals surface area contributed by atoms with Crippen molar-refractivity contribution in [2.75, 3.05) is 11.9 Å². The second-order valence-corrected chi connectivity index (χ2v) is 6.41. The first-order chi connectivity index (χ1) is 10.4. The van der Waals surface area contributed by atoms with Crippen molar-refractivity contribution in [3.8, 4) is 0 Å². The maximum Gasteiger partial charge on any atom is 0.238 e. The predicted molar refractivity (Wildman–Crippen MR) is 83.7 cm³/mol. The van der Waals surface area contributed by atoms with Crippen LogP contribution in [0.25, 0.3) is 0 Å². The van der Waals surface area contributed by atoms with Gasteiger partial charge in [-0.2, -0.15) is 0 Å². The summed E-state index contributed by atoms with van der Waals surface area (Å²) < 4.78 is 22.5. The van der Waals surface area contributed by atoms with Gasteiger partial charge in [0, 0.05) is 5.69 Å². The van der Waals surface area contributed by atoms with E-state index in [1.165, 1.54) is 12.1 Å².